The van der Waals surface area contributed by atoms with Crippen LogP contribution >= 0.6 is 0 Å². The van der Waals surface area contributed by atoms with Crippen molar-refractivity contribution < 1.29 is 9.53 Å². The lowest BCUT2D eigenvalue weighted by Crippen LogP contribution is -2.17. The molecule has 0 fully saturated rings. The fraction of sp³-hybridized carbons (Fsp3) is 0.346. The molecule has 0 radical (unpaired) electrons. The summed E-state index contributed by atoms with van der Waals surface area (Å²) in [6.07, 6.45) is 5.65. The van der Waals surface area contributed by atoms with Gasteiger partial charge in [-0.3, -0.25) is 4.79 Å². The second-order valence-corrected chi connectivity index (χ2v) is 7.46. The molecule has 0 saturated carbocycles. The van der Waals surface area contributed by atoms with E-state index in [2.05, 4.69) is 73.7 Å². The summed E-state index contributed by atoms with van der Waals surface area (Å²) in [5, 5.41) is 2.59. The van der Waals surface area contributed by atoms with E-state index in [0.29, 0.717) is 0 Å². The zero-order valence-corrected chi connectivity index (χ0v) is 17.0. The molecule has 3 rings (SSSR count). The number of methoxy groups -OCH3 is 1. The van der Waals surface area contributed by atoms with E-state index in [9.17, 15) is 4.79 Å². The molecule has 0 aliphatic carbocycles. The van der Waals surface area contributed by atoms with Crippen molar-refractivity contribution in [3.05, 3.63) is 83.4 Å². The summed E-state index contributed by atoms with van der Waals surface area (Å²) in [4.78, 5) is 12.3. The van der Waals surface area contributed by atoms with E-state index in [0.717, 1.165) is 38.5 Å². The molecule has 0 saturated heterocycles. The third-order valence-corrected chi connectivity index (χ3v) is 5.63. The standard InChI is InChI=1S/C26H30O2/c1-3-20-14-16-21(17-15-20)18-19-24(26(27)28-2)12-7-11-23-10-6-9-22-8-4-5-13-25(22)23/h4-6,8-10,13-17,24H,3,7,11-12,18-19H2,1-2H3. The highest BCUT2D eigenvalue weighted by Crippen LogP contribution is 2.23. The van der Waals surface area contributed by atoms with E-state index >= 15 is 0 Å². The summed E-state index contributed by atoms with van der Waals surface area (Å²) >= 11 is 0. The molecule has 3 aromatic carbocycles. The molecule has 2 heteroatoms. The highest BCUT2D eigenvalue weighted by molar-refractivity contribution is 5.85. The van der Waals surface area contributed by atoms with Crippen LogP contribution in [0.3, 0.4) is 0 Å². The van der Waals surface area contributed by atoms with Gasteiger partial charge in [0.15, 0.2) is 0 Å². The van der Waals surface area contributed by atoms with Crippen molar-refractivity contribution in [1.29, 1.82) is 0 Å². The van der Waals surface area contributed by atoms with Crippen molar-refractivity contribution in [2.24, 2.45) is 5.92 Å². The van der Waals surface area contributed by atoms with E-state index in [1.807, 2.05) is 0 Å². The molecular formula is C26H30O2. The molecule has 0 N–H and O–H groups in total. The van der Waals surface area contributed by atoms with Crippen LogP contribution in [0.5, 0.6) is 0 Å². The number of carbonyl (C=O) groups is 1. The molecule has 28 heavy (non-hydrogen) atoms. The molecule has 0 amide bonds. The smallest absolute Gasteiger partial charge is 0.308 e. The number of fused-ring (bicyclic) bond motifs is 1. The lowest BCUT2D eigenvalue weighted by atomic mass is 9.92. The van der Waals surface area contributed by atoms with Gasteiger partial charge in [-0.05, 0) is 66.0 Å². The Balaban J connectivity index is 1.58. The van der Waals surface area contributed by atoms with Gasteiger partial charge in [0.25, 0.3) is 0 Å². The molecule has 0 spiro atoms. The van der Waals surface area contributed by atoms with Gasteiger partial charge >= 0.3 is 5.97 Å². The second-order valence-electron chi connectivity index (χ2n) is 7.46. The Morgan fingerprint density at radius 3 is 2.32 bits per heavy atom. The number of esters is 1. The maximum absolute atomic E-state index is 12.3. The van der Waals surface area contributed by atoms with Gasteiger partial charge in [-0.1, -0.05) is 73.7 Å². The van der Waals surface area contributed by atoms with Gasteiger partial charge in [-0.25, -0.2) is 0 Å². The van der Waals surface area contributed by atoms with Crippen LogP contribution in [0.1, 0.15) is 42.9 Å². The Morgan fingerprint density at radius 2 is 1.57 bits per heavy atom. The van der Waals surface area contributed by atoms with Crippen LogP contribution < -0.4 is 0 Å². The summed E-state index contributed by atoms with van der Waals surface area (Å²) < 4.78 is 5.07. The number of ether oxygens (including phenoxy) is 1. The molecule has 1 atom stereocenters. The van der Waals surface area contributed by atoms with Crippen molar-refractivity contribution in [1.82, 2.24) is 0 Å². The minimum atomic E-state index is -0.0805. The summed E-state index contributed by atoms with van der Waals surface area (Å²) in [5.41, 5.74) is 4.00. The maximum atomic E-state index is 12.3. The highest BCUT2D eigenvalue weighted by Gasteiger charge is 2.19. The van der Waals surface area contributed by atoms with Crippen molar-refractivity contribution in [3.63, 3.8) is 0 Å². The SMILES string of the molecule is CCc1ccc(CCC(CCCc2cccc3ccccc23)C(=O)OC)cc1. The lowest BCUT2D eigenvalue weighted by Gasteiger charge is -2.15. The predicted octanol–water partition coefficient (Wildman–Crippen LogP) is 6.15. The third kappa shape index (κ3) is 5.22. The molecule has 0 aliphatic heterocycles. The summed E-state index contributed by atoms with van der Waals surface area (Å²) in [6.45, 7) is 2.16. The van der Waals surface area contributed by atoms with Gasteiger partial charge in [-0.2, -0.15) is 0 Å². The summed E-state index contributed by atoms with van der Waals surface area (Å²) in [7, 11) is 1.50. The molecule has 3 aromatic rings. The molecule has 0 aromatic heterocycles. The van der Waals surface area contributed by atoms with Crippen LogP contribution in [-0.2, 0) is 28.8 Å². The Labute approximate surface area is 168 Å². The first-order valence-electron chi connectivity index (χ1n) is 10.3. The van der Waals surface area contributed by atoms with Crippen molar-refractivity contribution in [2.75, 3.05) is 7.11 Å². The first-order chi connectivity index (χ1) is 13.7. The van der Waals surface area contributed by atoms with E-state index in [1.165, 1.54) is 34.6 Å². The van der Waals surface area contributed by atoms with E-state index in [1.54, 1.807) is 0 Å². The Kier molecular flexibility index (Phi) is 7.25. The number of carbonyl (C=O) groups excluding carboxylic acids is 1. The first kappa shape index (κ1) is 20.1. The van der Waals surface area contributed by atoms with E-state index in [-0.39, 0.29) is 11.9 Å². The molecule has 1 unspecified atom stereocenters. The van der Waals surface area contributed by atoms with Gasteiger partial charge in [0.2, 0.25) is 0 Å². The fourth-order valence-corrected chi connectivity index (χ4v) is 3.88. The van der Waals surface area contributed by atoms with Crippen LogP contribution in [0.4, 0.5) is 0 Å². The number of benzene rings is 3. The van der Waals surface area contributed by atoms with Gasteiger partial charge in [0.1, 0.15) is 0 Å². The summed E-state index contributed by atoms with van der Waals surface area (Å²) in [5.74, 6) is -0.117. The number of hydrogen-bond acceptors (Lipinski definition) is 2. The molecular weight excluding hydrogens is 344 g/mol. The number of rotatable bonds is 9. The van der Waals surface area contributed by atoms with Crippen LogP contribution in [-0.4, -0.2) is 13.1 Å². The van der Waals surface area contributed by atoms with Crippen LogP contribution in [0.15, 0.2) is 66.7 Å². The molecule has 0 aliphatic rings. The van der Waals surface area contributed by atoms with Crippen molar-refractivity contribution in [3.8, 4) is 0 Å². The average Bonchev–Trinajstić information content (AvgIpc) is 2.76. The average molecular weight is 375 g/mol. The monoisotopic (exact) mass is 374 g/mol. The molecule has 0 heterocycles. The zero-order chi connectivity index (χ0) is 19.8. The Hall–Kier alpha value is -2.61. The quantitative estimate of drug-likeness (QED) is 0.420. The van der Waals surface area contributed by atoms with Crippen LogP contribution in [0.2, 0.25) is 0 Å². The maximum Gasteiger partial charge on any atom is 0.308 e. The highest BCUT2D eigenvalue weighted by atomic mass is 16.5. The normalized spacial score (nSPS) is 12.1. The second kappa shape index (κ2) is 10.1. The van der Waals surface area contributed by atoms with Gasteiger partial charge < -0.3 is 4.74 Å². The predicted molar refractivity (Wildman–Crippen MR) is 117 cm³/mol. The minimum absolute atomic E-state index is 0.0363. The topological polar surface area (TPSA) is 26.3 Å². The van der Waals surface area contributed by atoms with Crippen LogP contribution in [0.25, 0.3) is 10.8 Å². The minimum Gasteiger partial charge on any atom is -0.469 e. The molecule has 2 nitrogen and oxygen atoms in total. The van der Waals surface area contributed by atoms with Gasteiger partial charge in [0, 0.05) is 0 Å². The zero-order valence-electron chi connectivity index (χ0n) is 17.0. The molecule has 0 bridgehead atoms. The van der Waals surface area contributed by atoms with Crippen molar-refractivity contribution >= 4 is 16.7 Å². The van der Waals surface area contributed by atoms with Crippen LogP contribution in [0, 0.1) is 5.92 Å². The van der Waals surface area contributed by atoms with Gasteiger partial charge in [-0.15, -0.1) is 0 Å². The lowest BCUT2D eigenvalue weighted by molar-refractivity contribution is -0.145. The third-order valence-electron chi connectivity index (χ3n) is 5.63. The first-order valence-corrected chi connectivity index (χ1v) is 10.3. The Bertz CT molecular complexity index is 890. The number of hydrogen-bond donors (Lipinski definition) is 0. The van der Waals surface area contributed by atoms with Crippen molar-refractivity contribution in [2.45, 2.75) is 45.4 Å². The Morgan fingerprint density at radius 1 is 0.857 bits per heavy atom. The summed E-state index contributed by atoms with van der Waals surface area (Å²) in [6, 6.07) is 23.7. The molecule has 146 valence electrons. The van der Waals surface area contributed by atoms with E-state index < -0.39 is 0 Å². The fourth-order valence-electron chi connectivity index (χ4n) is 3.88. The van der Waals surface area contributed by atoms with E-state index in [4.69, 9.17) is 4.74 Å². The number of aryl methyl sites for hydroxylation is 3. The van der Waals surface area contributed by atoms with Gasteiger partial charge in [0.05, 0.1) is 13.0 Å². The largest absolute Gasteiger partial charge is 0.469 e.